The van der Waals surface area contributed by atoms with E-state index < -0.39 is 21.9 Å². The fourth-order valence-corrected chi connectivity index (χ4v) is 4.05. The van der Waals surface area contributed by atoms with Gasteiger partial charge in [0.15, 0.2) is 0 Å². The number of carbonyl (C=O) groups is 1. The van der Waals surface area contributed by atoms with Crippen LogP contribution in [-0.4, -0.2) is 30.6 Å². The summed E-state index contributed by atoms with van der Waals surface area (Å²) in [6, 6.07) is -0.114. The van der Waals surface area contributed by atoms with Crippen LogP contribution in [0, 0.1) is 19.8 Å². The molecule has 8 heteroatoms. The Morgan fingerprint density at radius 2 is 1.85 bits per heavy atom. The van der Waals surface area contributed by atoms with Crippen LogP contribution >= 0.6 is 0 Å². The van der Waals surface area contributed by atoms with Crippen LogP contribution in [-0.2, 0) is 21.5 Å². The third-order valence-electron chi connectivity index (χ3n) is 5.18. The number of carbonyl (C=O) groups excluding carboxylic acids is 1. The van der Waals surface area contributed by atoms with Crippen LogP contribution in [0.1, 0.15) is 56.2 Å². The van der Waals surface area contributed by atoms with Crippen molar-refractivity contribution in [3.63, 3.8) is 0 Å². The molecule has 26 heavy (non-hydrogen) atoms. The number of alkyl halides is 1. The molecule has 0 bridgehead atoms. The molecule has 1 amide bonds. The molecule has 6 nitrogen and oxygen atoms in total. The van der Waals surface area contributed by atoms with Gasteiger partial charge in [-0.05, 0) is 64.5 Å². The van der Waals surface area contributed by atoms with Gasteiger partial charge in [-0.15, -0.1) is 0 Å². The summed E-state index contributed by atoms with van der Waals surface area (Å²) in [7, 11) is -3.29. The van der Waals surface area contributed by atoms with Gasteiger partial charge in [0.05, 0.1) is 5.25 Å². The number of halogens is 1. The van der Waals surface area contributed by atoms with E-state index in [1.54, 1.807) is 13.8 Å². The van der Waals surface area contributed by atoms with E-state index >= 15 is 0 Å². The molecule has 1 aromatic heterocycles. The van der Waals surface area contributed by atoms with Crippen LogP contribution < -0.4 is 10.0 Å². The quantitative estimate of drug-likeness (QED) is 0.788. The fourth-order valence-electron chi connectivity index (χ4n) is 3.08. The maximum atomic E-state index is 12.9. The number of nitrogens with one attached hydrogen (secondary N) is 2. The second-order valence-corrected chi connectivity index (χ2v) is 9.53. The molecule has 0 radical (unpaired) electrons. The molecular weight excluding hydrogens is 357 g/mol. The minimum Gasteiger partial charge on any atom is -0.310 e. The first-order chi connectivity index (χ1) is 12.2. The number of aromatic nitrogens is 1. The van der Waals surface area contributed by atoms with Gasteiger partial charge in [-0.1, -0.05) is 0 Å². The molecule has 0 spiro atoms. The second-order valence-electron chi connectivity index (χ2n) is 7.27. The Bertz CT molecular complexity index is 757. The zero-order valence-electron chi connectivity index (χ0n) is 15.8. The lowest BCUT2D eigenvalue weighted by Crippen LogP contribution is -2.42. The van der Waals surface area contributed by atoms with Gasteiger partial charge in [0.1, 0.15) is 12.5 Å². The monoisotopic (exact) mass is 385 g/mol. The van der Waals surface area contributed by atoms with Crippen LogP contribution in [0.4, 0.5) is 10.2 Å². The van der Waals surface area contributed by atoms with Crippen molar-refractivity contribution in [2.24, 2.45) is 5.92 Å². The van der Waals surface area contributed by atoms with Crippen molar-refractivity contribution in [3.05, 3.63) is 22.9 Å². The number of hydrogen-bond donors (Lipinski definition) is 2. The molecule has 0 atom stereocenters. The molecular formula is C18H28FN3O3S. The highest BCUT2D eigenvalue weighted by molar-refractivity contribution is 7.90. The number of pyridine rings is 1. The van der Waals surface area contributed by atoms with E-state index in [-0.39, 0.29) is 17.9 Å². The molecule has 1 aromatic rings. The number of sulfonamides is 1. The van der Waals surface area contributed by atoms with E-state index in [2.05, 4.69) is 15.0 Å². The van der Waals surface area contributed by atoms with E-state index in [1.165, 1.54) is 6.20 Å². The Balaban J connectivity index is 1.94. The van der Waals surface area contributed by atoms with Gasteiger partial charge in [0, 0.05) is 23.7 Å². The molecule has 0 aromatic carbocycles. The summed E-state index contributed by atoms with van der Waals surface area (Å²) in [5.74, 6) is 0.183. The van der Waals surface area contributed by atoms with Crippen LogP contribution in [0.5, 0.6) is 0 Å². The normalized spacial score (nSPS) is 21.0. The number of anilines is 1. The van der Waals surface area contributed by atoms with Gasteiger partial charge in [0.25, 0.3) is 0 Å². The van der Waals surface area contributed by atoms with Gasteiger partial charge < -0.3 is 5.32 Å². The smallest absolute Gasteiger partial charge is 0.228 e. The van der Waals surface area contributed by atoms with Gasteiger partial charge in [-0.25, -0.2) is 22.5 Å². The summed E-state index contributed by atoms with van der Waals surface area (Å²) < 4.78 is 39.5. The summed E-state index contributed by atoms with van der Waals surface area (Å²) >= 11 is 0. The lowest BCUT2D eigenvalue weighted by molar-refractivity contribution is -0.120. The zero-order valence-corrected chi connectivity index (χ0v) is 16.6. The standard InChI is InChI=1S/C18H28FN3O3S/c1-11(2)26(24,25)22-16-7-5-14(6-8-16)18(23)21-17-13(4)12(3)15(9-19)10-20-17/h10-11,14,16,22H,5-9H2,1-4H3,(H,20,21,23). The molecule has 1 saturated carbocycles. The SMILES string of the molecule is Cc1c(CF)cnc(NC(=O)C2CCC(NS(=O)(=O)C(C)C)CC2)c1C. The zero-order chi connectivity index (χ0) is 19.5. The van der Waals surface area contributed by atoms with Crippen molar-refractivity contribution in [2.75, 3.05) is 5.32 Å². The van der Waals surface area contributed by atoms with Crippen molar-refractivity contribution in [1.29, 1.82) is 0 Å². The molecule has 1 fully saturated rings. The van der Waals surface area contributed by atoms with Crippen LogP contribution in [0.25, 0.3) is 0 Å². The summed E-state index contributed by atoms with van der Waals surface area (Å²) in [5, 5.41) is 2.38. The highest BCUT2D eigenvalue weighted by atomic mass is 32.2. The van der Waals surface area contributed by atoms with Crippen molar-refractivity contribution in [3.8, 4) is 0 Å². The van der Waals surface area contributed by atoms with E-state index in [0.29, 0.717) is 37.1 Å². The number of nitrogens with zero attached hydrogens (tertiary/aromatic N) is 1. The molecule has 2 N–H and O–H groups in total. The molecule has 146 valence electrons. The molecule has 1 heterocycles. The number of hydrogen-bond acceptors (Lipinski definition) is 4. The Kier molecular flexibility index (Phi) is 6.74. The van der Waals surface area contributed by atoms with E-state index in [4.69, 9.17) is 0 Å². The molecule has 1 aliphatic carbocycles. The average Bonchev–Trinajstić information content (AvgIpc) is 2.59. The van der Waals surface area contributed by atoms with Gasteiger partial charge in [-0.3, -0.25) is 4.79 Å². The first-order valence-corrected chi connectivity index (χ1v) is 10.5. The predicted molar refractivity (Wildman–Crippen MR) is 100 cm³/mol. The van der Waals surface area contributed by atoms with Crippen molar-refractivity contribution < 1.29 is 17.6 Å². The lowest BCUT2D eigenvalue weighted by Gasteiger charge is -2.29. The highest BCUT2D eigenvalue weighted by Gasteiger charge is 2.29. The van der Waals surface area contributed by atoms with Crippen LogP contribution in [0.3, 0.4) is 0 Å². The van der Waals surface area contributed by atoms with Crippen molar-refractivity contribution in [2.45, 2.75) is 71.3 Å². The average molecular weight is 386 g/mol. The number of amides is 1. The maximum Gasteiger partial charge on any atom is 0.228 e. The third-order valence-corrected chi connectivity index (χ3v) is 7.09. The summed E-state index contributed by atoms with van der Waals surface area (Å²) in [6.45, 7) is 6.34. The summed E-state index contributed by atoms with van der Waals surface area (Å²) in [4.78, 5) is 16.7. The largest absolute Gasteiger partial charge is 0.310 e. The molecule has 2 rings (SSSR count). The number of rotatable bonds is 6. The first-order valence-electron chi connectivity index (χ1n) is 8.98. The van der Waals surface area contributed by atoms with Gasteiger partial charge >= 0.3 is 0 Å². The lowest BCUT2D eigenvalue weighted by atomic mass is 9.86. The Labute approximate surface area is 155 Å². The molecule has 0 aliphatic heterocycles. The van der Waals surface area contributed by atoms with E-state index in [0.717, 1.165) is 11.1 Å². The first kappa shape index (κ1) is 20.8. The molecule has 0 saturated heterocycles. The minimum atomic E-state index is -3.29. The summed E-state index contributed by atoms with van der Waals surface area (Å²) in [6.07, 6.45) is 3.97. The Morgan fingerprint density at radius 1 is 1.23 bits per heavy atom. The summed E-state index contributed by atoms with van der Waals surface area (Å²) in [5.41, 5.74) is 2.09. The van der Waals surface area contributed by atoms with Crippen LogP contribution in [0.2, 0.25) is 0 Å². The highest BCUT2D eigenvalue weighted by Crippen LogP contribution is 2.27. The third kappa shape index (κ3) is 4.79. The van der Waals surface area contributed by atoms with E-state index in [1.807, 2.05) is 13.8 Å². The minimum absolute atomic E-state index is 0.113. The van der Waals surface area contributed by atoms with Crippen molar-refractivity contribution >= 4 is 21.7 Å². The van der Waals surface area contributed by atoms with E-state index in [9.17, 15) is 17.6 Å². The molecule has 1 aliphatic rings. The van der Waals surface area contributed by atoms with Crippen molar-refractivity contribution in [1.82, 2.24) is 9.71 Å². The second kappa shape index (κ2) is 8.43. The van der Waals surface area contributed by atoms with Gasteiger partial charge in [-0.2, -0.15) is 0 Å². The topological polar surface area (TPSA) is 88.2 Å². The Hall–Kier alpha value is -1.54. The molecule has 0 unspecified atom stereocenters. The fraction of sp³-hybridized carbons (Fsp3) is 0.667. The predicted octanol–water partition coefficient (Wildman–Crippen LogP) is 2.99. The Morgan fingerprint density at radius 3 is 2.38 bits per heavy atom. The maximum absolute atomic E-state index is 12.9. The van der Waals surface area contributed by atoms with Gasteiger partial charge in [0.2, 0.25) is 15.9 Å². The van der Waals surface area contributed by atoms with Crippen LogP contribution in [0.15, 0.2) is 6.20 Å².